The Morgan fingerprint density at radius 3 is 2.47 bits per heavy atom. The summed E-state index contributed by atoms with van der Waals surface area (Å²) in [5.74, 6) is 4.00. The molecule has 0 saturated heterocycles. The van der Waals surface area contributed by atoms with Gasteiger partial charge in [0.2, 0.25) is 0 Å². The van der Waals surface area contributed by atoms with Gasteiger partial charge in [0.1, 0.15) is 6.10 Å². The third-order valence-corrected chi connectivity index (χ3v) is 4.59. The zero-order valence-corrected chi connectivity index (χ0v) is 11.2. The molecular formula is C15H25NO. The fourth-order valence-electron chi connectivity index (χ4n) is 3.05. The van der Waals surface area contributed by atoms with Crippen LogP contribution in [0.2, 0.25) is 0 Å². The number of nitriles is 1. The van der Waals surface area contributed by atoms with Crippen molar-refractivity contribution in [2.24, 2.45) is 23.7 Å². The summed E-state index contributed by atoms with van der Waals surface area (Å²) < 4.78 is 5.54. The quantitative estimate of drug-likeness (QED) is 0.641. The first-order chi connectivity index (χ1) is 8.28. The molecule has 0 spiro atoms. The molecule has 0 radical (unpaired) electrons. The molecule has 2 aliphatic carbocycles. The van der Waals surface area contributed by atoms with Gasteiger partial charge < -0.3 is 4.74 Å². The minimum atomic E-state index is -0.180. The van der Waals surface area contributed by atoms with Gasteiger partial charge in [0.25, 0.3) is 0 Å². The molecule has 2 heteroatoms. The second-order valence-electron chi connectivity index (χ2n) is 5.84. The Kier molecular flexibility index (Phi) is 4.45. The first-order valence-corrected chi connectivity index (χ1v) is 7.29. The summed E-state index contributed by atoms with van der Waals surface area (Å²) in [5, 5.41) is 8.77. The number of ether oxygens (including phenoxy) is 1. The summed E-state index contributed by atoms with van der Waals surface area (Å²) in [5.41, 5.74) is 0. The molecule has 0 aromatic carbocycles. The molecule has 0 N–H and O–H groups in total. The van der Waals surface area contributed by atoms with Crippen molar-refractivity contribution in [3.05, 3.63) is 0 Å². The summed E-state index contributed by atoms with van der Waals surface area (Å²) >= 11 is 0. The molecule has 5 unspecified atom stereocenters. The summed E-state index contributed by atoms with van der Waals surface area (Å²) in [6, 6.07) is 2.19. The third kappa shape index (κ3) is 3.71. The van der Waals surface area contributed by atoms with E-state index in [4.69, 9.17) is 10.00 Å². The summed E-state index contributed by atoms with van der Waals surface area (Å²) in [7, 11) is 0. The molecule has 96 valence electrons. The van der Waals surface area contributed by atoms with Crippen LogP contribution in [0.25, 0.3) is 0 Å². The second kappa shape index (κ2) is 5.87. The van der Waals surface area contributed by atoms with Crippen LogP contribution in [-0.2, 0) is 4.74 Å². The maximum Gasteiger partial charge on any atom is 0.143 e. The van der Waals surface area contributed by atoms with Crippen LogP contribution in [0.1, 0.15) is 52.4 Å². The largest absolute Gasteiger partial charge is 0.363 e. The minimum absolute atomic E-state index is 0.180. The van der Waals surface area contributed by atoms with Gasteiger partial charge in [0, 0.05) is 6.61 Å². The topological polar surface area (TPSA) is 33.0 Å². The number of rotatable bonds is 8. The maximum absolute atomic E-state index is 8.77. The average molecular weight is 235 g/mol. The normalized spacial score (nSPS) is 36.3. The standard InChI is InChI=1S/C15H25NO/c1-3-11-7-13(11)9-14-8-12(14)5-6-17-15(4-2)10-16/h11-15H,3-9H2,1-2H3. The molecule has 0 heterocycles. The van der Waals surface area contributed by atoms with Gasteiger partial charge in [-0.05, 0) is 55.8 Å². The van der Waals surface area contributed by atoms with E-state index in [2.05, 4.69) is 13.0 Å². The van der Waals surface area contributed by atoms with Crippen molar-refractivity contribution in [2.45, 2.75) is 58.5 Å². The number of nitrogens with zero attached hydrogens (tertiary/aromatic N) is 1. The Labute approximate surface area is 105 Å². The van der Waals surface area contributed by atoms with E-state index < -0.39 is 0 Å². The first-order valence-electron chi connectivity index (χ1n) is 7.29. The van der Waals surface area contributed by atoms with Crippen molar-refractivity contribution in [1.29, 1.82) is 5.26 Å². The molecule has 0 aromatic rings. The Bertz CT molecular complexity index is 283. The molecule has 0 aliphatic heterocycles. The van der Waals surface area contributed by atoms with Crippen molar-refractivity contribution in [3.8, 4) is 6.07 Å². The molecular weight excluding hydrogens is 210 g/mol. The van der Waals surface area contributed by atoms with Crippen molar-refractivity contribution >= 4 is 0 Å². The average Bonchev–Trinajstić information content (AvgIpc) is 3.24. The predicted molar refractivity (Wildman–Crippen MR) is 68.4 cm³/mol. The van der Waals surface area contributed by atoms with E-state index in [0.29, 0.717) is 0 Å². The first kappa shape index (κ1) is 12.9. The molecule has 2 nitrogen and oxygen atoms in total. The van der Waals surface area contributed by atoms with Crippen LogP contribution in [0, 0.1) is 35.0 Å². The fraction of sp³-hybridized carbons (Fsp3) is 0.933. The van der Waals surface area contributed by atoms with Gasteiger partial charge in [-0.3, -0.25) is 0 Å². The SMILES string of the molecule is CCC(C#N)OCCC1CC1CC1CC1CC. The lowest BCUT2D eigenvalue weighted by atomic mass is 10.1. The van der Waals surface area contributed by atoms with Crippen LogP contribution in [0.15, 0.2) is 0 Å². The van der Waals surface area contributed by atoms with Gasteiger partial charge in [0.15, 0.2) is 0 Å². The highest BCUT2D eigenvalue weighted by atomic mass is 16.5. The van der Waals surface area contributed by atoms with Crippen molar-refractivity contribution < 1.29 is 4.74 Å². The molecule has 0 amide bonds. The Balaban J connectivity index is 1.51. The van der Waals surface area contributed by atoms with E-state index in [1.165, 1.54) is 32.1 Å². The van der Waals surface area contributed by atoms with Gasteiger partial charge in [-0.25, -0.2) is 0 Å². The van der Waals surface area contributed by atoms with Gasteiger partial charge in [-0.2, -0.15) is 5.26 Å². The highest BCUT2D eigenvalue weighted by Crippen LogP contribution is 2.53. The van der Waals surface area contributed by atoms with E-state index in [1.54, 1.807) is 0 Å². The van der Waals surface area contributed by atoms with E-state index in [1.807, 2.05) is 6.92 Å². The summed E-state index contributed by atoms with van der Waals surface area (Å²) in [6.45, 7) is 5.11. The lowest BCUT2D eigenvalue weighted by molar-refractivity contribution is 0.0819. The van der Waals surface area contributed by atoms with Gasteiger partial charge in [0.05, 0.1) is 6.07 Å². The lowest BCUT2D eigenvalue weighted by Crippen LogP contribution is -2.10. The Hall–Kier alpha value is -0.550. The molecule has 0 aromatic heterocycles. The van der Waals surface area contributed by atoms with Crippen LogP contribution < -0.4 is 0 Å². The summed E-state index contributed by atoms with van der Waals surface area (Å²) in [6.07, 6.45) is 7.56. The van der Waals surface area contributed by atoms with Crippen LogP contribution in [0.3, 0.4) is 0 Å². The maximum atomic E-state index is 8.77. The van der Waals surface area contributed by atoms with E-state index in [9.17, 15) is 0 Å². The smallest absolute Gasteiger partial charge is 0.143 e. The van der Waals surface area contributed by atoms with Crippen LogP contribution in [-0.4, -0.2) is 12.7 Å². The van der Waals surface area contributed by atoms with Gasteiger partial charge >= 0.3 is 0 Å². The van der Waals surface area contributed by atoms with Crippen LogP contribution in [0.4, 0.5) is 0 Å². The highest BCUT2D eigenvalue weighted by Gasteiger charge is 2.44. The van der Waals surface area contributed by atoms with Crippen LogP contribution in [0.5, 0.6) is 0 Å². The van der Waals surface area contributed by atoms with Crippen molar-refractivity contribution in [3.63, 3.8) is 0 Å². The Morgan fingerprint density at radius 1 is 1.18 bits per heavy atom. The fourth-order valence-corrected chi connectivity index (χ4v) is 3.05. The van der Waals surface area contributed by atoms with E-state index in [0.717, 1.165) is 36.7 Å². The molecule has 2 fully saturated rings. The van der Waals surface area contributed by atoms with Gasteiger partial charge in [-0.1, -0.05) is 20.3 Å². The zero-order chi connectivity index (χ0) is 12.3. The third-order valence-electron chi connectivity index (χ3n) is 4.59. The lowest BCUT2D eigenvalue weighted by Gasteiger charge is -2.07. The molecule has 2 saturated carbocycles. The Morgan fingerprint density at radius 2 is 1.88 bits per heavy atom. The molecule has 0 bridgehead atoms. The predicted octanol–water partition coefficient (Wildman–Crippen LogP) is 3.77. The van der Waals surface area contributed by atoms with Gasteiger partial charge in [-0.15, -0.1) is 0 Å². The van der Waals surface area contributed by atoms with Crippen molar-refractivity contribution in [1.82, 2.24) is 0 Å². The monoisotopic (exact) mass is 235 g/mol. The molecule has 2 rings (SSSR count). The molecule has 5 atom stereocenters. The van der Waals surface area contributed by atoms with E-state index >= 15 is 0 Å². The minimum Gasteiger partial charge on any atom is -0.363 e. The molecule has 2 aliphatic rings. The van der Waals surface area contributed by atoms with E-state index in [-0.39, 0.29) is 6.10 Å². The molecule has 17 heavy (non-hydrogen) atoms. The number of hydrogen-bond donors (Lipinski definition) is 0. The summed E-state index contributed by atoms with van der Waals surface area (Å²) in [4.78, 5) is 0. The second-order valence-corrected chi connectivity index (χ2v) is 5.84. The highest BCUT2D eigenvalue weighted by molar-refractivity contribution is 4.94. The van der Waals surface area contributed by atoms with Crippen LogP contribution >= 0.6 is 0 Å². The zero-order valence-electron chi connectivity index (χ0n) is 11.2. The number of hydrogen-bond acceptors (Lipinski definition) is 2. The van der Waals surface area contributed by atoms with Crippen molar-refractivity contribution in [2.75, 3.05) is 6.61 Å².